The fourth-order valence-electron chi connectivity index (χ4n) is 5.22. The van der Waals surface area contributed by atoms with Crippen LogP contribution in [-0.2, 0) is 23.7 Å². The number of rotatable bonds is 34. The van der Waals surface area contributed by atoms with Gasteiger partial charge in [-0.1, -0.05) is 145 Å². The average Bonchev–Trinajstić information content (AvgIpc) is 3.73. The van der Waals surface area contributed by atoms with Gasteiger partial charge in [-0.3, -0.25) is 12.9 Å². The second-order valence-corrected chi connectivity index (χ2v) is 17.4. The first-order chi connectivity index (χ1) is 31.5. The van der Waals surface area contributed by atoms with Gasteiger partial charge in [0, 0.05) is 46.3 Å². The van der Waals surface area contributed by atoms with Gasteiger partial charge in [0.05, 0.1) is 63.1 Å². The Bertz CT molecular complexity index is 864. The van der Waals surface area contributed by atoms with E-state index in [-0.39, 0.29) is 17.4 Å². The third kappa shape index (κ3) is 90.3. The molecular formula is C53H116BF4N2O7Rf-. The molecule has 0 aliphatic carbocycles. The van der Waals surface area contributed by atoms with Crippen molar-refractivity contribution in [1.29, 1.82) is 0 Å². The van der Waals surface area contributed by atoms with Gasteiger partial charge in [0.25, 0.3) is 0 Å². The Morgan fingerprint density at radius 3 is 1.09 bits per heavy atom. The third-order valence-corrected chi connectivity index (χ3v) is 10.9. The van der Waals surface area contributed by atoms with Crippen molar-refractivity contribution in [3.8, 4) is 0 Å². The predicted octanol–water partition coefficient (Wildman–Crippen LogP) is 12.2. The van der Waals surface area contributed by atoms with E-state index in [1.54, 1.807) is 14.0 Å². The SMILES string of the molecule is CCC(C)O.CCC(C)OC.CCC(C)OCCN1C=CN(C)C1.CCC(C)OCCO.CCCCCCCCCCCCCCCCCCOC(C)CC.CCOC(C)CC.FB(F)F.[F-].[Rf]. The predicted molar refractivity (Wildman–Crippen MR) is 281 cm³/mol. The first-order valence-electron chi connectivity index (χ1n) is 26.8. The Morgan fingerprint density at radius 1 is 0.515 bits per heavy atom. The van der Waals surface area contributed by atoms with Crippen LogP contribution in [0.2, 0.25) is 0 Å². The molecule has 0 aromatic rings. The van der Waals surface area contributed by atoms with Gasteiger partial charge in [-0.25, -0.2) is 0 Å². The van der Waals surface area contributed by atoms with Crippen molar-refractivity contribution in [1.82, 2.24) is 9.80 Å². The second kappa shape index (κ2) is 71.4. The molecule has 0 aromatic carbocycles. The molecule has 2 N–H and O–H groups in total. The summed E-state index contributed by atoms with van der Waals surface area (Å²) in [7, 11) is 0.139. The maximum atomic E-state index is 9.67. The maximum absolute atomic E-state index is 9.67. The summed E-state index contributed by atoms with van der Waals surface area (Å²) >= 11 is 0. The molecule has 15 heteroatoms. The van der Waals surface area contributed by atoms with Crippen molar-refractivity contribution in [2.24, 2.45) is 0 Å². The normalized spacial score (nSPS) is 13.7. The number of unbranched alkanes of at least 4 members (excludes halogenated alkanes) is 15. The van der Waals surface area contributed by atoms with Crippen molar-refractivity contribution in [3.63, 3.8) is 0 Å². The Balaban J connectivity index is -0.000000113. The summed E-state index contributed by atoms with van der Waals surface area (Å²) < 4.78 is 55.5. The number of methoxy groups -OCH3 is 1. The van der Waals surface area contributed by atoms with Crippen LogP contribution in [0.3, 0.4) is 0 Å². The monoisotopic (exact) mass is 1250 g/mol. The molecule has 9 nitrogen and oxygen atoms in total. The summed E-state index contributed by atoms with van der Waals surface area (Å²) in [6.45, 7) is 34.3. The zero-order valence-electron chi connectivity index (χ0n) is 47.8. The molecule has 0 saturated carbocycles. The minimum atomic E-state index is -3.67. The topological polar surface area (TPSA) is 93.1 Å². The molecular weight excluding hydrogens is 1130 g/mol. The standard InChI is InChI=1S/C22H46O.C10H20N2O.C6H14O2.C6H14O.C5H12O.C4H10O.BF3.FH.Rf/c1-4-6-7-8-9-10-11-12-13-14-15-16-17-18-19-20-21-23-22(3)5-2;1-4-10(2)13-8-7-12-6-5-11(3)9-12;1-3-6(2)8-5-4-7;1-4-6(3)7-5-2;1-4-5(2)6-3;1-3-4(2)5;2-1(3)4;;/h22H,4-21H2,1-3H3;5-6,10H,4,7-9H2,1-3H3;6-7H,3-5H2,1-2H3;6H,4-5H2,1-3H3;5H,4H2,1-3H3;4-5H,3H2,1-2H3;;1H;/p-1. The number of hydrogen-bond acceptors (Lipinski definition) is 9. The van der Waals surface area contributed by atoms with Crippen LogP contribution in [0.4, 0.5) is 12.9 Å². The van der Waals surface area contributed by atoms with Crippen LogP contribution in [0.25, 0.3) is 0 Å². The molecule has 1 rings (SSSR count). The van der Waals surface area contributed by atoms with Crippen LogP contribution in [-0.4, -0.2) is 125 Å². The molecule has 0 amide bonds. The molecule has 1 aliphatic heterocycles. The van der Waals surface area contributed by atoms with Crippen molar-refractivity contribution in [2.75, 3.05) is 60.4 Å². The van der Waals surface area contributed by atoms with Crippen molar-refractivity contribution in [2.45, 2.75) is 275 Å². The van der Waals surface area contributed by atoms with E-state index in [9.17, 15) is 12.9 Å². The molecule has 6 unspecified atom stereocenters. The van der Waals surface area contributed by atoms with E-state index in [4.69, 9.17) is 33.9 Å². The van der Waals surface area contributed by atoms with Gasteiger partial charge in [0.1, 0.15) is 0 Å². The minimum Gasteiger partial charge on any atom is -1.00 e. The van der Waals surface area contributed by atoms with Gasteiger partial charge in [-0.05, 0) is 93.4 Å². The van der Waals surface area contributed by atoms with Gasteiger partial charge in [-0.2, -0.15) is 0 Å². The zero-order chi connectivity index (χ0) is 51.7. The van der Waals surface area contributed by atoms with Gasteiger partial charge in [-0.15, -0.1) is 0 Å². The summed E-state index contributed by atoms with van der Waals surface area (Å²) in [5.74, 6) is 0. The molecule has 0 saturated heterocycles. The summed E-state index contributed by atoms with van der Waals surface area (Å²) in [4.78, 5) is 4.41. The first kappa shape index (κ1) is 82.7. The fraction of sp³-hybridized carbons (Fsp3) is 0.962. The minimum absolute atomic E-state index is 0. The quantitative estimate of drug-likeness (QED) is 0.0371. The van der Waals surface area contributed by atoms with Gasteiger partial charge in [0.2, 0.25) is 0 Å². The zero-order valence-corrected chi connectivity index (χ0v) is 54.2. The Morgan fingerprint density at radius 2 is 0.838 bits per heavy atom. The molecule has 414 valence electrons. The molecule has 0 radical (unpaired) electrons. The van der Waals surface area contributed by atoms with E-state index < -0.39 is 7.54 Å². The van der Waals surface area contributed by atoms with Crippen molar-refractivity contribution in [3.05, 3.63) is 12.4 Å². The van der Waals surface area contributed by atoms with Gasteiger partial charge in [0.15, 0.2) is 0 Å². The van der Waals surface area contributed by atoms with E-state index in [2.05, 4.69) is 98.5 Å². The molecule has 0 aromatic heterocycles. The number of aliphatic hydroxyl groups excluding tert-OH is 2. The molecule has 0 fully saturated rings. The molecule has 1 aliphatic rings. The largest absolute Gasteiger partial charge is 1.00 e. The number of hydrogen-bond donors (Lipinski definition) is 2. The molecule has 1 heterocycles. The Kier molecular flexibility index (Phi) is 86.9. The van der Waals surface area contributed by atoms with Gasteiger partial charge < -0.3 is 48.4 Å². The Labute approximate surface area is 415 Å². The fourth-order valence-corrected chi connectivity index (χ4v) is 5.22. The Hall–Kier alpha value is -2.16. The van der Waals surface area contributed by atoms with Crippen LogP contribution >= 0.6 is 0 Å². The smallest absolute Gasteiger partial charge is 0.762 e. The number of ether oxygens (including phenoxy) is 5. The average molecular weight is 1250 g/mol. The van der Waals surface area contributed by atoms with E-state index in [0.717, 1.165) is 71.6 Å². The van der Waals surface area contributed by atoms with E-state index in [1.807, 2.05) is 20.8 Å². The summed E-state index contributed by atoms with van der Waals surface area (Å²) in [5, 5.41) is 16.6. The number of halogens is 4. The van der Waals surface area contributed by atoms with Crippen LogP contribution in [0.5, 0.6) is 0 Å². The van der Waals surface area contributed by atoms with Crippen LogP contribution in [0.1, 0.15) is 238 Å². The van der Waals surface area contributed by atoms with E-state index in [0.29, 0.717) is 37.1 Å². The second-order valence-electron chi connectivity index (χ2n) is 17.4. The summed E-state index contributed by atoms with van der Waals surface area (Å²) in [6, 6.07) is 0. The summed E-state index contributed by atoms with van der Waals surface area (Å²) in [5.41, 5.74) is 0. The van der Waals surface area contributed by atoms with E-state index >= 15 is 0 Å². The molecule has 6 atom stereocenters. The van der Waals surface area contributed by atoms with Gasteiger partial charge >= 0.3 is 7.54 Å². The number of aliphatic hydroxyl groups is 2. The van der Waals surface area contributed by atoms with Crippen LogP contribution in [0, 0.1) is 0 Å². The maximum Gasteiger partial charge on any atom is 0.762 e. The molecule has 68 heavy (non-hydrogen) atoms. The van der Waals surface area contributed by atoms with Crippen LogP contribution in [0.15, 0.2) is 12.4 Å². The summed E-state index contributed by atoms with van der Waals surface area (Å²) in [6.07, 6.45) is 35.3. The van der Waals surface area contributed by atoms with E-state index in [1.165, 1.54) is 103 Å². The molecule has 0 bridgehead atoms. The molecule has 0 spiro atoms. The number of nitrogens with zero attached hydrogens (tertiary/aromatic N) is 2. The van der Waals surface area contributed by atoms with Crippen LogP contribution < -0.4 is 4.70 Å². The van der Waals surface area contributed by atoms with Crippen molar-refractivity contribution >= 4 is 7.54 Å². The van der Waals surface area contributed by atoms with Crippen molar-refractivity contribution < 1.29 is 51.5 Å². The first-order valence-corrected chi connectivity index (χ1v) is 26.8. The third-order valence-electron chi connectivity index (χ3n) is 10.9.